The molecule has 0 spiro atoms. The maximum Gasteiger partial charge on any atom is 0.0841 e. The van der Waals surface area contributed by atoms with Crippen LogP contribution in [-0.2, 0) is 4.74 Å². The highest BCUT2D eigenvalue weighted by atomic mass is 16.6. The summed E-state index contributed by atoms with van der Waals surface area (Å²) in [6.07, 6.45) is 14.1. The molecule has 2 fully saturated rings. The predicted octanol–water partition coefficient (Wildman–Crippen LogP) is 3.28. The molecule has 0 aromatic rings. The lowest BCUT2D eigenvalue weighted by molar-refractivity contribution is 0.344. The van der Waals surface area contributed by atoms with Gasteiger partial charge < -0.3 is 4.74 Å². The lowest BCUT2D eigenvalue weighted by Crippen LogP contribution is -1.93. The van der Waals surface area contributed by atoms with Crippen molar-refractivity contribution in [2.75, 3.05) is 0 Å². The third kappa shape index (κ3) is 2.48. The standard InChI is InChI=1S/C11H20O/c1-2-4-6-8-10-11(12-10)9-7-5-3-1/h10-11H,1-9H2. The summed E-state index contributed by atoms with van der Waals surface area (Å²) in [5.41, 5.74) is 0. The Balaban J connectivity index is 1.70. The largest absolute Gasteiger partial charge is 0.370 e. The molecule has 0 N–H and O–H groups in total. The molecule has 0 aromatic heterocycles. The van der Waals surface area contributed by atoms with E-state index in [1.807, 2.05) is 0 Å². The van der Waals surface area contributed by atoms with Crippen molar-refractivity contribution in [3.8, 4) is 0 Å². The molecule has 0 amide bonds. The monoisotopic (exact) mass is 168 g/mol. The van der Waals surface area contributed by atoms with Crippen molar-refractivity contribution >= 4 is 0 Å². The van der Waals surface area contributed by atoms with Crippen LogP contribution in [0.5, 0.6) is 0 Å². The molecule has 1 saturated carbocycles. The van der Waals surface area contributed by atoms with E-state index in [-0.39, 0.29) is 0 Å². The highest BCUT2D eigenvalue weighted by Crippen LogP contribution is 2.32. The molecule has 1 heteroatoms. The molecule has 0 radical (unpaired) electrons. The highest BCUT2D eigenvalue weighted by Gasteiger charge is 2.36. The van der Waals surface area contributed by atoms with Crippen molar-refractivity contribution in [2.45, 2.75) is 70.0 Å². The van der Waals surface area contributed by atoms with E-state index in [0.29, 0.717) is 12.2 Å². The van der Waals surface area contributed by atoms with Crippen LogP contribution in [0.25, 0.3) is 0 Å². The number of hydrogen-bond acceptors (Lipinski definition) is 1. The maximum absolute atomic E-state index is 5.59. The quantitative estimate of drug-likeness (QED) is 0.506. The van der Waals surface area contributed by atoms with Crippen LogP contribution in [0.1, 0.15) is 57.8 Å². The van der Waals surface area contributed by atoms with Crippen LogP contribution in [0, 0.1) is 0 Å². The lowest BCUT2D eigenvalue weighted by Gasteiger charge is -1.98. The Morgan fingerprint density at radius 2 is 1.00 bits per heavy atom. The molecule has 2 aliphatic rings. The summed E-state index contributed by atoms with van der Waals surface area (Å²) >= 11 is 0. The fraction of sp³-hybridized carbons (Fsp3) is 1.00. The average molecular weight is 168 g/mol. The van der Waals surface area contributed by atoms with Gasteiger partial charge in [-0.15, -0.1) is 0 Å². The van der Waals surface area contributed by atoms with Crippen molar-refractivity contribution in [3.05, 3.63) is 0 Å². The molecule has 1 aliphatic carbocycles. The van der Waals surface area contributed by atoms with Gasteiger partial charge in [0, 0.05) is 0 Å². The first-order valence-corrected chi connectivity index (χ1v) is 5.62. The topological polar surface area (TPSA) is 12.5 Å². The van der Waals surface area contributed by atoms with Crippen molar-refractivity contribution in [1.29, 1.82) is 0 Å². The van der Waals surface area contributed by atoms with E-state index in [1.54, 1.807) is 0 Å². The van der Waals surface area contributed by atoms with E-state index in [4.69, 9.17) is 4.74 Å². The molecule has 0 bridgehead atoms. The summed E-state index contributed by atoms with van der Waals surface area (Å²) in [4.78, 5) is 0. The van der Waals surface area contributed by atoms with Crippen LogP contribution >= 0.6 is 0 Å². The molecule has 2 atom stereocenters. The van der Waals surface area contributed by atoms with Gasteiger partial charge >= 0.3 is 0 Å². The van der Waals surface area contributed by atoms with Crippen molar-refractivity contribution in [2.24, 2.45) is 0 Å². The molecule has 1 aliphatic heterocycles. The normalized spacial score (nSPS) is 38.0. The summed E-state index contributed by atoms with van der Waals surface area (Å²) in [5.74, 6) is 0. The fourth-order valence-corrected chi connectivity index (χ4v) is 2.26. The van der Waals surface area contributed by atoms with Crippen molar-refractivity contribution in [3.63, 3.8) is 0 Å². The van der Waals surface area contributed by atoms with Gasteiger partial charge in [0.25, 0.3) is 0 Å². The minimum absolute atomic E-state index is 0.670. The van der Waals surface area contributed by atoms with E-state index >= 15 is 0 Å². The van der Waals surface area contributed by atoms with Gasteiger partial charge in [0.05, 0.1) is 12.2 Å². The summed E-state index contributed by atoms with van der Waals surface area (Å²) in [7, 11) is 0. The number of rotatable bonds is 0. The van der Waals surface area contributed by atoms with E-state index in [0.717, 1.165) is 0 Å². The Morgan fingerprint density at radius 3 is 1.50 bits per heavy atom. The zero-order valence-electron chi connectivity index (χ0n) is 7.93. The van der Waals surface area contributed by atoms with E-state index < -0.39 is 0 Å². The van der Waals surface area contributed by atoms with Crippen LogP contribution < -0.4 is 0 Å². The smallest absolute Gasteiger partial charge is 0.0841 e. The molecule has 70 valence electrons. The predicted molar refractivity (Wildman–Crippen MR) is 50.2 cm³/mol. The van der Waals surface area contributed by atoms with Gasteiger partial charge in [-0.3, -0.25) is 0 Å². The SMILES string of the molecule is C1CCCCC2OC2CCCC1. The van der Waals surface area contributed by atoms with Crippen LogP contribution in [0.15, 0.2) is 0 Å². The van der Waals surface area contributed by atoms with E-state index in [1.165, 1.54) is 57.8 Å². The van der Waals surface area contributed by atoms with Crippen molar-refractivity contribution in [1.82, 2.24) is 0 Å². The fourth-order valence-electron chi connectivity index (χ4n) is 2.26. The number of fused-ring (bicyclic) bond motifs is 1. The van der Waals surface area contributed by atoms with Crippen LogP contribution in [0.4, 0.5) is 0 Å². The Morgan fingerprint density at radius 1 is 0.583 bits per heavy atom. The first kappa shape index (κ1) is 8.55. The molecule has 1 heterocycles. The minimum atomic E-state index is 0.670. The van der Waals surface area contributed by atoms with Crippen LogP contribution in [0.3, 0.4) is 0 Å². The third-order valence-corrected chi connectivity index (χ3v) is 3.16. The first-order valence-electron chi connectivity index (χ1n) is 5.62. The second-order valence-corrected chi connectivity index (χ2v) is 4.27. The van der Waals surface area contributed by atoms with Gasteiger partial charge in [0.2, 0.25) is 0 Å². The summed E-state index contributed by atoms with van der Waals surface area (Å²) in [5, 5.41) is 0. The molecular formula is C11H20O. The second kappa shape index (κ2) is 4.27. The molecule has 1 nitrogen and oxygen atoms in total. The summed E-state index contributed by atoms with van der Waals surface area (Å²) in [6.45, 7) is 0. The van der Waals surface area contributed by atoms with Crippen LogP contribution in [-0.4, -0.2) is 12.2 Å². The summed E-state index contributed by atoms with van der Waals surface area (Å²) < 4.78 is 5.59. The zero-order chi connectivity index (χ0) is 8.23. The average Bonchev–Trinajstić information content (AvgIpc) is 2.78. The van der Waals surface area contributed by atoms with Gasteiger partial charge in [0.1, 0.15) is 0 Å². The summed E-state index contributed by atoms with van der Waals surface area (Å²) in [6, 6.07) is 0. The molecule has 2 unspecified atom stereocenters. The Labute approximate surface area is 75.5 Å². The minimum Gasteiger partial charge on any atom is -0.370 e. The number of ether oxygens (including phenoxy) is 1. The van der Waals surface area contributed by atoms with Crippen LogP contribution in [0.2, 0.25) is 0 Å². The molecular weight excluding hydrogens is 148 g/mol. The molecule has 1 saturated heterocycles. The second-order valence-electron chi connectivity index (χ2n) is 4.27. The van der Waals surface area contributed by atoms with E-state index in [9.17, 15) is 0 Å². The number of hydrogen-bond donors (Lipinski definition) is 0. The van der Waals surface area contributed by atoms with Gasteiger partial charge in [-0.25, -0.2) is 0 Å². The first-order chi connectivity index (χ1) is 5.97. The van der Waals surface area contributed by atoms with Gasteiger partial charge in [0.15, 0.2) is 0 Å². The Bertz CT molecular complexity index is 119. The molecule has 2 rings (SSSR count). The van der Waals surface area contributed by atoms with Crippen molar-refractivity contribution < 1.29 is 4.74 Å². The molecule has 12 heavy (non-hydrogen) atoms. The Hall–Kier alpha value is -0.0400. The maximum atomic E-state index is 5.59. The van der Waals surface area contributed by atoms with E-state index in [2.05, 4.69) is 0 Å². The van der Waals surface area contributed by atoms with Gasteiger partial charge in [-0.2, -0.15) is 0 Å². The Kier molecular flexibility index (Phi) is 3.04. The molecule has 0 aromatic carbocycles. The highest BCUT2D eigenvalue weighted by molar-refractivity contribution is 4.84. The lowest BCUT2D eigenvalue weighted by atomic mass is 10.1. The van der Waals surface area contributed by atoms with Gasteiger partial charge in [-0.05, 0) is 12.8 Å². The third-order valence-electron chi connectivity index (χ3n) is 3.16. The number of epoxide rings is 1. The zero-order valence-corrected chi connectivity index (χ0v) is 7.93. The van der Waals surface area contributed by atoms with Gasteiger partial charge in [-0.1, -0.05) is 44.9 Å².